The summed E-state index contributed by atoms with van der Waals surface area (Å²) in [5.41, 5.74) is 0.151. The molecule has 2 saturated carbocycles. The highest BCUT2D eigenvalue weighted by Gasteiger charge is 2.97. The summed E-state index contributed by atoms with van der Waals surface area (Å²) < 4.78 is 24.5. The lowest BCUT2D eigenvalue weighted by atomic mass is 9.42. The van der Waals surface area contributed by atoms with Crippen molar-refractivity contribution in [2.45, 2.75) is 81.3 Å². The van der Waals surface area contributed by atoms with E-state index in [0.29, 0.717) is 6.61 Å². The van der Waals surface area contributed by atoms with Crippen LogP contribution in [0.4, 0.5) is 0 Å². The third kappa shape index (κ3) is 1.12. The Morgan fingerprint density at radius 3 is 2.69 bits per heavy atom. The van der Waals surface area contributed by atoms with Gasteiger partial charge in [0.25, 0.3) is 0 Å². The van der Waals surface area contributed by atoms with Gasteiger partial charge in [-0.2, -0.15) is 0 Å². The maximum Gasteiger partial charge on any atom is 0.334 e. The highest BCUT2D eigenvalue weighted by molar-refractivity contribution is 5.92. The van der Waals surface area contributed by atoms with Crippen LogP contribution < -0.4 is 0 Å². The average Bonchev–Trinajstić information content (AvgIpc) is 3.42. The molecule has 2 spiro atoms. The summed E-state index contributed by atoms with van der Waals surface area (Å²) in [6, 6.07) is 0. The van der Waals surface area contributed by atoms with Gasteiger partial charge in [0.05, 0.1) is 6.10 Å². The molecule has 6 nitrogen and oxygen atoms in total. The molecule has 0 aromatic carbocycles. The van der Waals surface area contributed by atoms with Gasteiger partial charge in [-0.3, -0.25) is 0 Å². The fraction of sp³-hybridized carbons (Fsp3) is 0.850. The molecular weight excluding hydrogens is 336 g/mol. The molecule has 26 heavy (non-hydrogen) atoms. The number of rotatable bonds is 1. The van der Waals surface area contributed by atoms with E-state index < -0.39 is 22.9 Å². The van der Waals surface area contributed by atoms with Crippen LogP contribution >= 0.6 is 0 Å². The van der Waals surface area contributed by atoms with Crippen molar-refractivity contribution in [3.8, 4) is 0 Å². The number of hydrogen-bond donors (Lipinski definition) is 1. The summed E-state index contributed by atoms with van der Waals surface area (Å²) >= 11 is 0. The second-order valence-corrected chi connectivity index (χ2v) is 9.95. The predicted octanol–water partition coefficient (Wildman–Crippen LogP) is 1.10. The van der Waals surface area contributed by atoms with Crippen molar-refractivity contribution >= 4 is 5.97 Å². The number of epoxide rings is 2. The second kappa shape index (κ2) is 3.79. The Bertz CT molecular complexity index is 811. The summed E-state index contributed by atoms with van der Waals surface area (Å²) in [6.45, 7) is 6.89. The summed E-state index contributed by atoms with van der Waals surface area (Å²) in [5.74, 6) is 0.202. The number of ether oxygens (including phenoxy) is 4. The lowest BCUT2D eigenvalue weighted by Gasteiger charge is -2.70. The zero-order valence-electron chi connectivity index (χ0n) is 15.3. The molecule has 0 radical (unpaired) electrons. The summed E-state index contributed by atoms with van der Waals surface area (Å²) in [5, 5.41) is 11.4. The Kier molecular flexibility index (Phi) is 2.19. The minimum atomic E-state index is -0.662. The number of esters is 1. The second-order valence-electron chi connectivity index (χ2n) is 9.95. The zero-order valence-corrected chi connectivity index (χ0v) is 15.3. The minimum Gasteiger partial charge on any atom is -0.458 e. The number of fused-ring (bicyclic) bond motifs is 2. The fourth-order valence-corrected chi connectivity index (χ4v) is 7.90. The maximum atomic E-state index is 12.1. The van der Waals surface area contributed by atoms with Crippen LogP contribution in [0.5, 0.6) is 0 Å². The monoisotopic (exact) mass is 360 g/mol. The third-order valence-electron chi connectivity index (χ3n) is 9.09. The average molecular weight is 360 g/mol. The molecule has 5 heterocycles. The van der Waals surface area contributed by atoms with Crippen molar-refractivity contribution in [1.29, 1.82) is 0 Å². The van der Waals surface area contributed by atoms with Gasteiger partial charge >= 0.3 is 5.97 Å². The predicted molar refractivity (Wildman–Crippen MR) is 87.1 cm³/mol. The molecule has 6 heteroatoms. The van der Waals surface area contributed by atoms with E-state index in [1.165, 1.54) is 0 Å². The SMILES string of the molecule is CC(C)[C@]12O[C@H]1[C@@H]1O[C@@]13[C@@]1(C)CCC4=C(COC4=O)[C@@H]1C1C[C@@]3(O1)C2O. The van der Waals surface area contributed by atoms with Crippen molar-refractivity contribution in [3.63, 3.8) is 0 Å². The molecule has 6 fully saturated rings. The molecule has 140 valence electrons. The third-order valence-corrected chi connectivity index (χ3v) is 9.09. The van der Waals surface area contributed by atoms with Crippen molar-refractivity contribution < 1.29 is 28.8 Å². The van der Waals surface area contributed by atoms with E-state index in [1.807, 2.05) is 0 Å². The van der Waals surface area contributed by atoms with E-state index in [4.69, 9.17) is 18.9 Å². The van der Waals surface area contributed by atoms with E-state index in [9.17, 15) is 9.90 Å². The fourth-order valence-electron chi connectivity index (χ4n) is 7.90. The van der Waals surface area contributed by atoms with E-state index >= 15 is 0 Å². The van der Waals surface area contributed by atoms with Gasteiger partial charge in [0.2, 0.25) is 0 Å². The van der Waals surface area contributed by atoms with Crippen LogP contribution in [0.25, 0.3) is 0 Å². The molecule has 4 saturated heterocycles. The van der Waals surface area contributed by atoms with Crippen LogP contribution in [0.15, 0.2) is 11.1 Å². The van der Waals surface area contributed by atoms with Crippen LogP contribution in [0.1, 0.15) is 40.0 Å². The smallest absolute Gasteiger partial charge is 0.334 e. The Balaban J connectivity index is 1.39. The Hall–Kier alpha value is -0.950. The standard InChI is InChI=1S/C20H24O6/c1-8(2)19-13(25-19)14-20(26-14)17(3)5-4-9-10(7-23-15(9)21)12(17)11-6-18(20,24-11)16(19)22/h8,11-14,16,22H,4-7H2,1-3H3/t11?,12-,13+,14+,16?,17+,18-,19+,20-/m1/s1. The van der Waals surface area contributed by atoms with Gasteiger partial charge in [-0.1, -0.05) is 20.8 Å². The first-order chi connectivity index (χ1) is 12.3. The lowest BCUT2D eigenvalue weighted by Crippen LogP contribution is -2.83. The first kappa shape index (κ1) is 15.0. The number of carbonyl (C=O) groups is 1. The molecule has 8 rings (SSSR count). The van der Waals surface area contributed by atoms with Gasteiger partial charge in [0.1, 0.15) is 41.7 Å². The summed E-state index contributed by atoms with van der Waals surface area (Å²) in [7, 11) is 0. The van der Waals surface area contributed by atoms with Crippen LogP contribution in [0.2, 0.25) is 0 Å². The molecule has 0 amide bonds. The van der Waals surface area contributed by atoms with E-state index in [1.54, 1.807) is 0 Å². The highest BCUT2D eigenvalue weighted by Crippen LogP contribution is 2.82. The van der Waals surface area contributed by atoms with E-state index in [0.717, 1.165) is 30.4 Å². The quantitative estimate of drug-likeness (QED) is 0.557. The molecule has 5 aliphatic heterocycles. The van der Waals surface area contributed by atoms with Gasteiger partial charge in [-0.25, -0.2) is 4.79 Å². The summed E-state index contributed by atoms with van der Waals surface area (Å²) in [4.78, 5) is 12.1. The molecule has 0 aromatic heterocycles. The molecule has 3 aliphatic carbocycles. The van der Waals surface area contributed by atoms with E-state index in [-0.39, 0.29) is 41.5 Å². The number of aliphatic hydroxyl groups is 1. The number of carbonyl (C=O) groups excluding carboxylic acids is 1. The topological polar surface area (TPSA) is 80.8 Å². The maximum absolute atomic E-state index is 12.1. The first-order valence-corrected chi connectivity index (χ1v) is 9.94. The molecule has 1 N–H and O–H groups in total. The Labute approximate surface area is 151 Å². The van der Waals surface area contributed by atoms with E-state index in [2.05, 4.69) is 20.8 Å². The van der Waals surface area contributed by atoms with Crippen molar-refractivity contribution in [2.24, 2.45) is 17.3 Å². The van der Waals surface area contributed by atoms with Gasteiger partial charge in [-0.15, -0.1) is 0 Å². The van der Waals surface area contributed by atoms with Gasteiger partial charge in [-0.05, 0) is 24.3 Å². The van der Waals surface area contributed by atoms with Gasteiger partial charge in [0.15, 0.2) is 0 Å². The Morgan fingerprint density at radius 1 is 1.19 bits per heavy atom. The number of aliphatic hydroxyl groups excluding tert-OH is 1. The lowest BCUT2D eigenvalue weighted by molar-refractivity contribution is -0.366. The largest absolute Gasteiger partial charge is 0.458 e. The number of cyclic esters (lactones) is 1. The molecular formula is C20H24O6. The van der Waals surface area contributed by atoms with Crippen molar-refractivity contribution in [1.82, 2.24) is 0 Å². The van der Waals surface area contributed by atoms with Crippen LogP contribution in [0.3, 0.4) is 0 Å². The molecule has 9 atom stereocenters. The van der Waals surface area contributed by atoms with Crippen molar-refractivity contribution in [2.75, 3.05) is 6.61 Å². The minimum absolute atomic E-state index is 0.0118. The zero-order chi connectivity index (χ0) is 17.9. The van der Waals surface area contributed by atoms with Gasteiger partial charge in [0, 0.05) is 23.3 Å². The van der Waals surface area contributed by atoms with Gasteiger partial charge < -0.3 is 24.1 Å². The molecule has 2 bridgehead atoms. The Morgan fingerprint density at radius 2 is 1.96 bits per heavy atom. The van der Waals surface area contributed by atoms with Crippen molar-refractivity contribution in [3.05, 3.63) is 11.1 Å². The normalized spacial score (nSPS) is 63.1. The first-order valence-electron chi connectivity index (χ1n) is 9.94. The highest BCUT2D eigenvalue weighted by atomic mass is 16.7. The summed E-state index contributed by atoms with van der Waals surface area (Å²) in [6.07, 6.45) is 1.70. The molecule has 8 aliphatic rings. The molecule has 2 unspecified atom stereocenters. The van der Waals surface area contributed by atoms with Crippen LogP contribution in [-0.4, -0.2) is 58.9 Å². The van der Waals surface area contributed by atoms with Crippen LogP contribution in [0, 0.1) is 17.3 Å². The molecule has 0 aromatic rings. The number of hydrogen-bond acceptors (Lipinski definition) is 6. The van der Waals surface area contributed by atoms with Crippen LogP contribution in [-0.2, 0) is 23.7 Å².